The fraction of sp³-hybridized carbons (Fsp3) is 0.111. The van der Waals surface area contributed by atoms with Gasteiger partial charge >= 0.3 is 5.97 Å². The Balaban J connectivity index is 2.92. The van der Waals surface area contributed by atoms with Gasteiger partial charge < -0.3 is 10.8 Å². The molecule has 0 aliphatic carbocycles. The van der Waals surface area contributed by atoms with E-state index in [1.165, 1.54) is 19.2 Å². The third-order valence-corrected chi connectivity index (χ3v) is 1.53. The first-order valence-corrected chi connectivity index (χ1v) is 3.72. The molecule has 0 unspecified atom stereocenters. The van der Waals surface area contributed by atoms with Crippen molar-refractivity contribution in [2.24, 2.45) is 0 Å². The van der Waals surface area contributed by atoms with Gasteiger partial charge in [0, 0.05) is 11.8 Å². The van der Waals surface area contributed by atoms with E-state index in [4.69, 9.17) is 10.8 Å². The summed E-state index contributed by atoms with van der Waals surface area (Å²) >= 11 is 0. The number of rotatable bonds is 2. The van der Waals surface area contributed by atoms with Crippen LogP contribution in [0.2, 0.25) is 0 Å². The summed E-state index contributed by atoms with van der Waals surface area (Å²) in [7, 11) is 0. The minimum Gasteiger partial charge on any atom is -0.478 e. The molecule has 4 heteroatoms. The SMILES string of the molecule is CC(=Cc1ccc(N)nc1)C(=O)O. The van der Waals surface area contributed by atoms with E-state index < -0.39 is 5.97 Å². The fourth-order valence-corrected chi connectivity index (χ4v) is 0.814. The van der Waals surface area contributed by atoms with Crippen LogP contribution in [0.1, 0.15) is 12.5 Å². The molecule has 0 bridgehead atoms. The maximum Gasteiger partial charge on any atom is 0.331 e. The van der Waals surface area contributed by atoms with Crippen LogP contribution in [0.5, 0.6) is 0 Å². The summed E-state index contributed by atoms with van der Waals surface area (Å²) in [6, 6.07) is 3.34. The second-order valence-corrected chi connectivity index (χ2v) is 2.65. The normalized spacial score (nSPS) is 11.3. The van der Waals surface area contributed by atoms with Crippen LogP contribution < -0.4 is 5.73 Å². The maximum atomic E-state index is 10.5. The zero-order chi connectivity index (χ0) is 9.84. The molecule has 4 nitrogen and oxygen atoms in total. The molecule has 0 saturated carbocycles. The maximum absolute atomic E-state index is 10.5. The summed E-state index contributed by atoms with van der Waals surface area (Å²) in [5.74, 6) is -0.512. The van der Waals surface area contributed by atoms with E-state index in [9.17, 15) is 4.79 Å². The van der Waals surface area contributed by atoms with Gasteiger partial charge in [-0.2, -0.15) is 0 Å². The van der Waals surface area contributed by atoms with Crippen molar-refractivity contribution in [3.8, 4) is 0 Å². The van der Waals surface area contributed by atoms with E-state index in [0.29, 0.717) is 5.82 Å². The van der Waals surface area contributed by atoms with Crippen molar-refractivity contribution in [1.29, 1.82) is 0 Å². The van der Waals surface area contributed by atoms with Crippen molar-refractivity contribution in [2.75, 3.05) is 5.73 Å². The molecule has 0 aliphatic heterocycles. The summed E-state index contributed by atoms with van der Waals surface area (Å²) in [5, 5.41) is 8.58. The second-order valence-electron chi connectivity index (χ2n) is 2.65. The molecule has 3 N–H and O–H groups in total. The average molecular weight is 178 g/mol. The van der Waals surface area contributed by atoms with Crippen molar-refractivity contribution >= 4 is 17.9 Å². The predicted molar refractivity (Wildman–Crippen MR) is 49.9 cm³/mol. The van der Waals surface area contributed by atoms with Crippen LogP contribution in [0.15, 0.2) is 23.9 Å². The number of aliphatic carboxylic acids is 1. The molecular weight excluding hydrogens is 168 g/mol. The molecule has 0 aromatic carbocycles. The average Bonchev–Trinajstić information content (AvgIpc) is 2.08. The number of carboxylic acid groups (broad SMARTS) is 1. The van der Waals surface area contributed by atoms with Gasteiger partial charge in [-0.1, -0.05) is 0 Å². The molecule has 0 saturated heterocycles. The summed E-state index contributed by atoms with van der Waals surface area (Å²) in [6.45, 7) is 1.53. The number of carboxylic acids is 1. The van der Waals surface area contributed by atoms with Gasteiger partial charge in [-0.25, -0.2) is 9.78 Å². The molecule has 0 radical (unpaired) electrons. The molecule has 0 aliphatic rings. The first kappa shape index (κ1) is 9.25. The number of nitrogens with two attached hydrogens (primary N) is 1. The number of hydrogen-bond donors (Lipinski definition) is 2. The molecule has 0 spiro atoms. The molecule has 0 fully saturated rings. The Morgan fingerprint density at radius 2 is 2.31 bits per heavy atom. The molecule has 0 amide bonds. The molecule has 1 aromatic rings. The van der Waals surface area contributed by atoms with Gasteiger partial charge in [0.25, 0.3) is 0 Å². The first-order valence-electron chi connectivity index (χ1n) is 3.72. The minimum absolute atomic E-state index is 0.270. The fourth-order valence-electron chi connectivity index (χ4n) is 0.814. The lowest BCUT2D eigenvalue weighted by Crippen LogP contribution is -1.95. The minimum atomic E-state index is -0.933. The number of anilines is 1. The number of hydrogen-bond acceptors (Lipinski definition) is 3. The standard InChI is InChI=1S/C9H10N2O2/c1-6(9(12)13)4-7-2-3-8(10)11-5-7/h2-5H,1H3,(H2,10,11)(H,12,13). The lowest BCUT2D eigenvalue weighted by atomic mass is 10.2. The lowest BCUT2D eigenvalue weighted by molar-refractivity contribution is -0.132. The highest BCUT2D eigenvalue weighted by Gasteiger charge is 1.99. The monoisotopic (exact) mass is 178 g/mol. The molecular formula is C9H10N2O2. The van der Waals surface area contributed by atoms with Gasteiger partial charge in [0.05, 0.1) is 0 Å². The van der Waals surface area contributed by atoms with Crippen LogP contribution in [0, 0.1) is 0 Å². The highest BCUT2D eigenvalue weighted by atomic mass is 16.4. The van der Waals surface area contributed by atoms with E-state index in [2.05, 4.69) is 4.98 Å². The van der Waals surface area contributed by atoms with Crippen molar-refractivity contribution in [2.45, 2.75) is 6.92 Å². The zero-order valence-electron chi connectivity index (χ0n) is 7.19. The van der Waals surface area contributed by atoms with Crippen molar-refractivity contribution < 1.29 is 9.90 Å². The van der Waals surface area contributed by atoms with Gasteiger partial charge in [-0.15, -0.1) is 0 Å². The summed E-state index contributed by atoms with van der Waals surface area (Å²) in [5.41, 5.74) is 6.37. The third kappa shape index (κ3) is 2.59. The second kappa shape index (κ2) is 3.71. The molecule has 1 heterocycles. The third-order valence-electron chi connectivity index (χ3n) is 1.53. The first-order chi connectivity index (χ1) is 6.09. The van der Waals surface area contributed by atoms with Crippen molar-refractivity contribution in [3.05, 3.63) is 29.5 Å². The van der Waals surface area contributed by atoms with Crippen LogP contribution in [0.4, 0.5) is 5.82 Å². The van der Waals surface area contributed by atoms with Crippen LogP contribution in [-0.4, -0.2) is 16.1 Å². The van der Waals surface area contributed by atoms with Gasteiger partial charge in [0.15, 0.2) is 0 Å². The molecule has 1 aromatic heterocycles. The zero-order valence-corrected chi connectivity index (χ0v) is 7.19. The number of pyridine rings is 1. The van der Waals surface area contributed by atoms with Gasteiger partial charge in [-0.3, -0.25) is 0 Å². The number of nitrogens with zero attached hydrogens (tertiary/aromatic N) is 1. The predicted octanol–water partition coefficient (Wildman–Crippen LogP) is 1.15. The summed E-state index contributed by atoms with van der Waals surface area (Å²) < 4.78 is 0. The van der Waals surface area contributed by atoms with Gasteiger partial charge in [-0.05, 0) is 30.7 Å². The molecule has 0 atom stereocenters. The lowest BCUT2D eigenvalue weighted by Gasteiger charge is -1.95. The Kier molecular flexibility index (Phi) is 2.64. The van der Waals surface area contributed by atoms with Gasteiger partial charge in [0.2, 0.25) is 0 Å². The summed E-state index contributed by atoms with van der Waals surface area (Å²) in [4.78, 5) is 14.3. The van der Waals surface area contributed by atoms with Crippen LogP contribution in [0.25, 0.3) is 6.08 Å². The number of carbonyl (C=O) groups is 1. The Morgan fingerprint density at radius 3 is 2.77 bits per heavy atom. The Labute approximate surface area is 75.7 Å². The summed E-state index contributed by atoms with van der Waals surface area (Å²) in [6.07, 6.45) is 3.07. The van der Waals surface area contributed by atoms with Crippen LogP contribution in [0.3, 0.4) is 0 Å². The van der Waals surface area contributed by atoms with Crippen molar-refractivity contribution in [3.63, 3.8) is 0 Å². The Morgan fingerprint density at radius 1 is 1.62 bits per heavy atom. The number of nitrogen functional groups attached to an aromatic ring is 1. The largest absolute Gasteiger partial charge is 0.478 e. The topological polar surface area (TPSA) is 76.2 Å². The highest BCUT2D eigenvalue weighted by molar-refractivity contribution is 5.91. The molecule has 13 heavy (non-hydrogen) atoms. The van der Waals surface area contributed by atoms with E-state index in [1.807, 2.05) is 0 Å². The van der Waals surface area contributed by atoms with E-state index in [-0.39, 0.29) is 5.57 Å². The van der Waals surface area contributed by atoms with E-state index >= 15 is 0 Å². The molecule has 68 valence electrons. The quantitative estimate of drug-likeness (QED) is 0.666. The Bertz CT molecular complexity index is 341. The van der Waals surface area contributed by atoms with Crippen LogP contribution in [-0.2, 0) is 4.79 Å². The molecule has 1 rings (SSSR count). The van der Waals surface area contributed by atoms with Gasteiger partial charge in [0.1, 0.15) is 5.82 Å². The van der Waals surface area contributed by atoms with E-state index in [0.717, 1.165) is 5.56 Å². The van der Waals surface area contributed by atoms with Crippen molar-refractivity contribution in [1.82, 2.24) is 4.98 Å². The number of aromatic nitrogens is 1. The van der Waals surface area contributed by atoms with Crippen LogP contribution >= 0.6 is 0 Å². The van der Waals surface area contributed by atoms with E-state index in [1.54, 1.807) is 12.1 Å². The smallest absolute Gasteiger partial charge is 0.331 e. The Hall–Kier alpha value is -1.84. The highest BCUT2D eigenvalue weighted by Crippen LogP contribution is 2.06.